The van der Waals surface area contributed by atoms with E-state index >= 15 is 0 Å². The first-order valence-electron chi connectivity index (χ1n) is 10.3. The number of rotatable bonds is 9. The van der Waals surface area contributed by atoms with E-state index in [2.05, 4.69) is 10.3 Å². The average Bonchev–Trinajstić information content (AvgIpc) is 3.18. The highest BCUT2D eigenvalue weighted by Crippen LogP contribution is 2.22. The van der Waals surface area contributed by atoms with Crippen LogP contribution in [0.25, 0.3) is 10.9 Å². The van der Waals surface area contributed by atoms with Crippen molar-refractivity contribution >= 4 is 26.7 Å². The third-order valence-corrected chi connectivity index (χ3v) is 7.54. The molecule has 1 heterocycles. The first kappa shape index (κ1) is 22.2. The van der Waals surface area contributed by atoms with Crippen LogP contribution < -0.4 is 5.32 Å². The zero-order valence-corrected chi connectivity index (χ0v) is 18.7. The average molecular weight is 428 g/mol. The molecule has 160 valence electrons. The standard InChI is InChI=1S/C23H29N3O3S/c1-5-26(6-2)30(28,29)19-13-11-18(12-14-19)16(3)25-17(4)23(27)21-15-24-22-10-8-7-9-20(21)22/h7-17,24-25H,5-6H2,1-4H3/t16-,17-/m0/s1. The van der Waals surface area contributed by atoms with Gasteiger partial charge in [-0.2, -0.15) is 4.31 Å². The Kier molecular flexibility index (Phi) is 6.75. The lowest BCUT2D eigenvalue weighted by Crippen LogP contribution is -2.35. The van der Waals surface area contributed by atoms with Gasteiger partial charge in [0.1, 0.15) is 0 Å². The van der Waals surface area contributed by atoms with Gasteiger partial charge in [-0.25, -0.2) is 8.42 Å². The first-order chi connectivity index (χ1) is 14.3. The Bertz CT molecular complexity index is 1120. The lowest BCUT2D eigenvalue weighted by molar-refractivity contribution is 0.0947. The second kappa shape index (κ2) is 9.12. The number of H-pyrrole nitrogens is 1. The summed E-state index contributed by atoms with van der Waals surface area (Å²) >= 11 is 0. The number of aromatic nitrogens is 1. The topological polar surface area (TPSA) is 82.3 Å². The summed E-state index contributed by atoms with van der Waals surface area (Å²) in [5.74, 6) is 0.0139. The molecule has 0 radical (unpaired) electrons. The van der Waals surface area contributed by atoms with E-state index in [4.69, 9.17) is 0 Å². The number of Topliss-reactive ketones (excluding diaryl/α,β-unsaturated/α-hetero) is 1. The molecule has 0 spiro atoms. The Morgan fingerprint density at radius 2 is 1.67 bits per heavy atom. The number of ketones is 1. The Hall–Kier alpha value is -2.48. The monoisotopic (exact) mass is 427 g/mol. The van der Waals surface area contributed by atoms with Gasteiger partial charge in [0, 0.05) is 41.8 Å². The molecule has 2 atom stereocenters. The number of nitrogens with one attached hydrogen (secondary N) is 2. The predicted molar refractivity (Wildman–Crippen MR) is 120 cm³/mol. The predicted octanol–water partition coefficient (Wildman–Crippen LogP) is 4.12. The summed E-state index contributed by atoms with van der Waals surface area (Å²) in [4.78, 5) is 16.4. The number of sulfonamides is 1. The molecule has 0 aliphatic rings. The molecule has 0 fully saturated rings. The normalized spacial score (nSPS) is 14.2. The number of aromatic amines is 1. The van der Waals surface area contributed by atoms with Crippen LogP contribution in [-0.4, -0.2) is 42.6 Å². The zero-order chi connectivity index (χ0) is 21.9. The first-order valence-corrected chi connectivity index (χ1v) is 11.7. The van der Waals surface area contributed by atoms with E-state index in [1.54, 1.807) is 30.5 Å². The molecule has 0 aliphatic heterocycles. The summed E-state index contributed by atoms with van der Waals surface area (Å²) in [5, 5.41) is 4.24. The molecule has 0 unspecified atom stereocenters. The third kappa shape index (κ3) is 4.33. The van der Waals surface area contributed by atoms with Crippen LogP contribution in [0.5, 0.6) is 0 Å². The van der Waals surface area contributed by atoms with Crippen molar-refractivity contribution in [2.75, 3.05) is 13.1 Å². The Balaban J connectivity index is 1.72. The van der Waals surface area contributed by atoms with E-state index in [0.29, 0.717) is 18.7 Å². The molecular weight excluding hydrogens is 398 g/mol. The quantitative estimate of drug-likeness (QED) is 0.503. The summed E-state index contributed by atoms with van der Waals surface area (Å²) in [6.07, 6.45) is 1.75. The molecular formula is C23H29N3O3S. The largest absolute Gasteiger partial charge is 0.360 e. The van der Waals surface area contributed by atoms with Crippen molar-refractivity contribution in [1.82, 2.24) is 14.6 Å². The van der Waals surface area contributed by atoms with Gasteiger partial charge >= 0.3 is 0 Å². The highest BCUT2D eigenvalue weighted by Gasteiger charge is 2.23. The Labute approximate surface area is 178 Å². The fraction of sp³-hybridized carbons (Fsp3) is 0.348. The van der Waals surface area contributed by atoms with E-state index in [-0.39, 0.29) is 16.7 Å². The smallest absolute Gasteiger partial charge is 0.243 e. The van der Waals surface area contributed by atoms with Crippen molar-refractivity contribution in [2.45, 2.75) is 44.7 Å². The van der Waals surface area contributed by atoms with Crippen LogP contribution >= 0.6 is 0 Å². The van der Waals surface area contributed by atoms with E-state index in [0.717, 1.165) is 16.5 Å². The van der Waals surface area contributed by atoms with Crippen molar-refractivity contribution in [3.8, 4) is 0 Å². The van der Waals surface area contributed by atoms with Crippen molar-refractivity contribution in [2.24, 2.45) is 0 Å². The number of benzene rings is 2. The van der Waals surface area contributed by atoms with Gasteiger partial charge in [-0.15, -0.1) is 0 Å². The lowest BCUT2D eigenvalue weighted by Gasteiger charge is -2.21. The van der Waals surface area contributed by atoms with Crippen molar-refractivity contribution in [1.29, 1.82) is 0 Å². The van der Waals surface area contributed by atoms with Crippen molar-refractivity contribution in [3.05, 3.63) is 65.9 Å². The van der Waals surface area contributed by atoms with Crippen LogP contribution in [-0.2, 0) is 10.0 Å². The molecule has 2 aromatic carbocycles. The van der Waals surface area contributed by atoms with Crippen molar-refractivity contribution < 1.29 is 13.2 Å². The van der Waals surface area contributed by atoms with Gasteiger partial charge in [0.25, 0.3) is 0 Å². The fourth-order valence-electron chi connectivity index (χ4n) is 3.70. The second-order valence-electron chi connectivity index (χ2n) is 7.38. The van der Waals surface area contributed by atoms with Crippen LogP contribution in [0.2, 0.25) is 0 Å². The maximum Gasteiger partial charge on any atom is 0.243 e. The van der Waals surface area contributed by atoms with Gasteiger partial charge in [0.15, 0.2) is 5.78 Å². The molecule has 0 saturated carbocycles. The molecule has 0 bridgehead atoms. The summed E-state index contributed by atoms with van der Waals surface area (Å²) < 4.78 is 26.7. The highest BCUT2D eigenvalue weighted by molar-refractivity contribution is 7.89. The molecule has 3 aromatic rings. The molecule has 30 heavy (non-hydrogen) atoms. The summed E-state index contributed by atoms with van der Waals surface area (Å²) in [6, 6.07) is 14.1. The van der Waals surface area contributed by atoms with Crippen LogP contribution in [0.1, 0.15) is 49.7 Å². The van der Waals surface area contributed by atoms with Gasteiger partial charge in [0.05, 0.1) is 10.9 Å². The van der Waals surface area contributed by atoms with Crippen molar-refractivity contribution in [3.63, 3.8) is 0 Å². The number of fused-ring (bicyclic) bond motifs is 1. The number of carbonyl (C=O) groups is 1. The van der Waals surface area contributed by atoms with E-state index < -0.39 is 16.1 Å². The number of carbonyl (C=O) groups excluding carboxylic acids is 1. The molecule has 0 saturated heterocycles. The zero-order valence-electron chi connectivity index (χ0n) is 17.8. The second-order valence-corrected chi connectivity index (χ2v) is 9.32. The molecule has 2 N–H and O–H groups in total. The minimum atomic E-state index is -3.48. The molecule has 1 aromatic heterocycles. The van der Waals surface area contributed by atoms with E-state index in [1.807, 2.05) is 52.0 Å². The van der Waals surface area contributed by atoms with Crippen LogP contribution in [0.3, 0.4) is 0 Å². The number of para-hydroxylation sites is 1. The number of hydrogen-bond donors (Lipinski definition) is 2. The SMILES string of the molecule is CCN(CC)S(=O)(=O)c1ccc([C@H](C)N[C@@H](C)C(=O)c2c[nH]c3ccccc23)cc1. The maximum absolute atomic E-state index is 12.9. The third-order valence-electron chi connectivity index (χ3n) is 5.47. The van der Waals surface area contributed by atoms with Crippen LogP contribution in [0.15, 0.2) is 59.6 Å². The fourth-order valence-corrected chi connectivity index (χ4v) is 5.15. The number of nitrogens with zero attached hydrogens (tertiary/aromatic N) is 1. The van der Waals surface area contributed by atoms with Gasteiger partial charge in [0.2, 0.25) is 10.0 Å². The van der Waals surface area contributed by atoms with Gasteiger partial charge in [-0.3, -0.25) is 4.79 Å². The maximum atomic E-state index is 12.9. The van der Waals surface area contributed by atoms with Crippen LogP contribution in [0, 0.1) is 0 Å². The Morgan fingerprint density at radius 1 is 1.03 bits per heavy atom. The molecule has 6 nitrogen and oxygen atoms in total. The minimum absolute atomic E-state index is 0.0139. The van der Waals surface area contributed by atoms with E-state index in [1.165, 1.54) is 4.31 Å². The van der Waals surface area contributed by atoms with Gasteiger partial charge in [-0.05, 0) is 37.6 Å². The summed E-state index contributed by atoms with van der Waals surface area (Å²) in [7, 11) is -3.48. The number of hydrogen-bond acceptors (Lipinski definition) is 4. The molecule has 7 heteroatoms. The summed E-state index contributed by atoms with van der Waals surface area (Å²) in [6.45, 7) is 8.34. The van der Waals surface area contributed by atoms with Gasteiger partial charge in [-0.1, -0.05) is 44.2 Å². The minimum Gasteiger partial charge on any atom is -0.360 e. The van der Waals surface area contributed by atoms with E-state index in [9.17, 15) is 13.2 Å². The molecule has 0 amide bonds. The molecule has 3 rings (SSSR count). The van der Waals surface area contributed by atoms with Crippen LogP contribution in [0.4, 0.5) is 0 Å². The summed E-state index contributed by atoms with van der Waals surface area (Å²) in [5.41, 5.74) is 2.52. The lowest BCUT2D eigenvalue weighted by atomic mass is 10.0. The Morgan fingerprint density at radius 3 is 2.30 bits per heavy atom. The molecule has 0 aliphatic carbocycles. The highest BCUT2D eigenvalue weighted by atomic mass is 32.2. The van der Waals surface area contributed by atoms with Gasteiger partial charge < -0.3 is 10.3 Å².